The molecule has 1 atom stereocenters. The van der Waals surface area contributed by atoms with Crippen LogP contribution in [0, 0.1) is 19.8 Å². The van der Waals surface area contributed by atoms with E-state index in [1.165, 1.54) is 16.7 Å². The number of amides is 1. The number of hydrogen-bond donors (Lipinski definition) is 2. The summed E-state index contributed by atoms with van der Waals surface area (Å²) in [5.41, 5.74) is 3.89. The first-order valence-electron chi connectivity index (χ1n) is 7.47. The van der Waals surface area contributed by atoms with Crippen molar-refractivity contribution in [2.45, 2.75) is 47.1 Å². The van der Waals surface area contributed by atoms with Crippen molar-refractivity contribution >= 4 is 5.91 Å². The molecule has 1 aromatic rings. The van der Waals surface area contributed by atoms with Gasteiger partial charge in [-0.3, -0.25) is 4.79 Å². The number of aryl methyl sites for hydroxylation is 2. The summed E-state index contributed by atoms with van der Waals surface area (Å²) in [6, 6.07) is 6.77. The molecule has 3 heteroatoms. The lowest BCUT2D eigenvalue weighted by atomic mass is 10.0. The Labute approximate surface area is 123 Å². The van der Waals surface area contributed by atoms with Crippen LogP contribution in [0.15, 0.2) is 18.2 Å². The van der Waals surface area contributed by atoms with Gasteiger partial charge in [0.1, 0.15) is 0 Å². The average Bonchev–Trinajstić information content (AvgIpc) is 2.36. The third-order valence-electron chi connectivity index (χ3n) is 3.40. The molecule has 1 amide bonds. The van der Waals surface area contributed by atoms with Crippen molar-refractivity contribution in [2.24, 2.45) is 5.92 Å². The summed E-state index contributed by atoms with van der Waals surface area (Å²) in [5, 5.41) is 6.35. The van der Waals surface area contributed by atoms with Gasteiger partial charge in [0.05, 0.1) is 0 Å². The van der Waals surface area contributed by atoms with Gasteiger partial charge in [0, 0.05) is 25.6 Å². The fourth-order valence-corrected chi connectivity index (χ4v) is 2.23. The fraction of sp³-hybridized carbons (Fsp3) is 0.588. The third kappa shape index (κ3) is 5.74. The molecule has 3 nitrogen and oxygen atoms in total. The molecule has 0 aliphatic heterocycles. The van der Waals surface area contributed by atoms with Crippen LogP contribution in [-0.4, -0.2) is 19.0 Å². The van der Waals surface area contributed by atoms with Crippen molar-refractivity contribution < 1.29 is 4.79 Å². The zero-order valence-corrected chi connectivity index (χ0v) is 13.4. The van der Waals surface area contributed by atoms with Crippen molar-refractivity contribution in [1.82, 2.24) is 10.6 Å². The van der Waals surface area contributed by atoms with E-state index in [1.54, 1.807) is 0 Å². The molecule has 0 fully saturated rings. The van der Waals surface area contributed by atoms with Crippen LogP contribution in [0.5, 0.6) is 0 Å². The minimum absolute atomic E-state index is 0.124. The molecule has 1 unspecified atom stereocenters. The molecule has 1 aromatic carbocycles. The second-order valence-electron chi connectivity index (χ2n) is 5.98. The highest BCUT2D eigenvalue weighted by atomic mass is 16.1. The molecular weight excluding hydrogens is 248 g/mol. The molecule has 0 heterocycles. The van der Waals surface area contributed by atoms with Crippen molar-refractivity contribution in [3.8, 4) is 0 Å². The van der Waals surface area contributed by atoms with Crippen LogP contribution in [-0.2, 0) is 4.79 Å². The normalized spacial score (nSPS) is 12.5. The first-order chi connectivity index (χ1) is 9.40. The molecule has 0 aromatic heterocycles. The Kier molecular flexibility index (Phi) is 6.73. The van der Waals surface area contributed by atoms with Gasteiger partial charge in [0.15, 0.2) is 0 Å². The molecule has 0 saturated heterocycles. The molecule has 0 aliphatic carbocycles. The molecule has 112 valence electrons. The minimum Gasteiger partial charge on any atom is -0.356 e. The Morgan fingerprint density at radius 1 is 1.20 bits per heavy atom. The van der Waals surface area contributed by atoms with E-state index in [0.29, 0.717) is 18.9 Å². The van der Waals surface area contributed by atoms with Crippen molar-refractivity contribution in [1.29, 1.82) is 0 Å². The summed E-state index contributed by atoms with van der Waals surface area (Å²) in [6.45, 7) is 12.0. The van der Waals surface area contributed by atoms with Crippen molar-refractivity contribution in [3.05, 3.63) is 34.9 Å². The zero-order valence-electron chi connectivity index (χ0n) is 13.4. The van der Waals surface area contributed by atoms with Crippen LogP contribution >= 0.6 is 0 Å². The molecule has 0 aliphatic rings. The lowest BCUT2D eigenvalue weighted by molar-refractivity contribution is -0.121. The van der Waals surface area contributed by atoms with Crippen molar-refractivity contribution in [2.75, 3.05) is 13.1 Å². The van der Waals surface area contributed by atoms with Crippen LogP contribution in [0.25, 0.3) is 0 Å². The van der Waals surface area contributed by atoms with E-state index in [0.717, 1.165) is 6.54 Å². The number of carbonyl (C=O) groups is 1. The van der Waals surface area contributed by atoms with Gasteiger partial charge in [0.25, 0.3) is 0 Å². The van der Waals surface area contributed by atoms with E-state index >= 15 is 0 Å². The number of hydrogen-bond acceptors (Lipinski definition) is 2. The standard InChI is InChI=1S/C17H28N2O/c1-12(2)11-19-17(20)8-9-18-15(5)16-7-6-13(3)10-14(16)4/h6-7,10,12,15,18H,8-9,11H2,1-5H3,(H,19,20). The molecule has 0 bridgehead atoms. The van der Waals surface area contributed by atoms with E-state index in [1.807, 2.05) is 0 Å². The summed E-state index contributed by atoms with van der Waals surface area (Å²) in [4.78, 5) is 11.6. The third-order valence-corrected chi connectivity index (χ3v) is 3.40. The molecule has 2 N–H and O–H groups in total. The van der Waals surface area contributed by atoms with E-state index in [2.05, 4.69) is 63.5 Å². The molecular formula is C17H28N2O. The summed E-state index contributed by atoms with van der Waals surface area (Å²) >= 11 is 0. The van der Waals surface area contributed by atoms with Gasteiger partial charge in [0.2, 0.25) is 5.91 Å². The first-order valence-corrected chi connectivity index (χ1v) is 7.47. The number of nitrogens with one attached hydrogen (secondary N) is 2. The van der Waals surface area contributed by atoms with Crippen LogP contribution in [0.2, 0.25) is 0 Å². The first kappa shape index (κ1) is 16.7. The Morgan fingerprint density at radius 2 is 1.90 bits per heavy atom. The smallest absolute Gasteiger partial charge is 0.221 e. The second-order valence-corrected chi connectivity index (χ2v) is 5.98. The van der Waals surface area contributed by atoms with Gasteiger partial charge in [-0.05, 0) is 37.8 Å². The van der Waals surface area contributed by atoms with Crippen LogP contribution in [0.3, 0.4) is 0 Å². The number of carbonyl (C=O) groups excluding carboxylic acids is 1. The van der Waals surface area contributed by atoms with E-state index in [9.17, 15) is 4.79 Å². The van der Waals surface area contributed by atoms with Gasteiger partial charge in [-0.1, -0.05) is 37.6 Å². The van der Waals surface area contributed by atoms with Gasteiger partial charge in [-0.2, -0.15) is 0 Å². The number of rotatable bonds is 7. The number of benzene rings is 1. The Morgan fingerprint density at radius 3 is 2.50 bits per heavy atom. The lowest BCUT2D eigenvalue weighted by Gasteiger charge is -2.17. The monoisotopic (exact) mass is 276 g/mol. The Bertz CT molecular complexity index is 441. The predicted molar refractivity (Wildman–Crippen MR) is 84.8 cm³/mol. The van der Waals surface area contributed by atoms with Crippen LogP contribution in [0.1, 0.15) is 49.9 Å². The van der Waals surface area contributed by atoms with Gasteiger partial charge < -0.3 is 10.6 Å². The van der Waals surface area contributed by atoms with Crippen LogP contribution < -0.4 is 10.6 Å². The largest absolute Gasteiger partial charge is 0.356 e. The van der Waals surface area contributed by atoms with Gasteiger partial charge in [-0.15, -0.1) is 0 Å². The Hall–Kier alpha value is -1.35. The molecule has 0 radical (unpaired) electrons. The van der Waals surface area contributed by atoms with Gasteiger partial charge >= 0.3 is 0 Å². The maximum Gasteiger partial charge on any atom is 0.221 e. The molecule has 20 heavy (non-hydrogen) atoms. The maximum atomic E-state index is 11.6. The fourth-order valence-electron chi connectivity index (χ4n) is 2.23. The minimum atomic E-state index is 0.124. The topological polar surface area (TPSA) is 41.1 Å². The van der Waals surface area contributed by atoms with E-state index in [4.69, 9.17) is 0 Å². The summed E-state index contributed by atoms with van der Waals surface area (Å²) < 4.78 is 0. The average molecular weight is 276 g/mol. The molecule has 0 spiro atoms. The summed E-state index contributed by atoms with van der Waals surface area (Å²) in [6.07, 6.45) is 0.530. The molecule has 0 saturated carbocycles. The maximum absolute atomic E-state index is 11.6. The Balaban J connectivity index is 2.36. The zero-order chi connectivity index (χ0) is 15.1. The SMILES string of the molecule is Cc1ccc(C(C)NCCC(=O)NCC(C)C)c(C)c1. The summed E-state index contributed by atoms with van der Waals surface area (Å²) in [5.74, 6) is 0.625. The highest BCUT2D eigenvalue weighted by molar-refractivity contribution is 5.76. The quantitative estimate of drug-likeness (QED) is 0.803. The van der Waals surface area contributed by atoms with Gasteiger partial charge in [-0.25, -0.2) is 0 Å². The highest BCUT2D eigenvalue weighted by Gasteiger charge is 2.09. The van der Waals surface area contributed by atoms with Crippen molar-refractivity contribution in [3.63, 3.8) is 0 Å². The predicted octanol–water partition coefficient (Wildman–Crippen LogP) is 3.12. The highest BCUT2D eigenvalue weighted by Crippen LogP contribution is 2.18. The summed E-state index contributed by atoms with van der Waals surface area (Å²) in [7, 11) is 0. The van der Waals surface area contributed by atoms with Crippen LogP contribution in [0.4, 0.5) is 0 Å². The lowest BCUT2D eigenvalue weighted by Crippen LogP contribution is -2.31. The molecule has 1 rings (SSSR count). The second kappa shape index (κ2) is 8.05. The van der Waals surface area contributed by atoms with E-state index < -0.39 is 0 Å². The van der Waals surface area contributed by atoms with E-state index in [-0.39, 0.29) is 11.9 Å².